The maximum absolute atomic E-state index is 12.2. The van der Waals surface area contributed by atoms with Crippen molar-refractivity contribution in [2.45, 2.75) is 37.8 Å². The average Bonchev–Trinajstić information content (AvgIpc) is 3.20. The number of ether oxygens (including phenoxy) is 1. The zero-order chi connectivity index (χ0) is 14.3. The van der Waals surface area contributed by atoms with Crippen molar-refractivity contribution in [1.29, 1.82) is 0 Å². The fraction of sp³-hybridized carbons (Fsp3) is 0.923. The number of amides is 1. The number of sulfonamides is 1. The second-order valence-electron chi connectivity index (χ2n) is 6.13. The first-order valence-corrected chi connectivity index (χ1v) is 9.16. The van der Waals surface area contributed by atoms with Gasteiger partial charge in [0, 0.05) is 26.1 Å². The first-order chi connectivity index (χ1) is 9.45. The van der Waals surface area contributed by atoms with Crippen LogP contribution < -0.4 is 0 Å². The Bertz CT molecular complexity index is 489. The molecule has 1 saturated carbocycles. The summed E-state index contributed by atoms with van der Waals surface area (Å²) in [5, 5.41) is 0. The van der Waals surface area contributed by atoms with Crippen molar-refractivity contribution in [3.63, 3.8) is 0 Å². The fourth-order valence-electron chi connectivity index (χ4n) is 3.18. The van der Waals surface area contributed by atoms with Crippen molar-refractivity contribution in [2.75, 3.05) is 32.5 Å². The number of hydrogen-bond acceptors (Lipinski definition) is 4. The van der Waals surface area contributed by atoms with Gasteiger partial charge in [-0.05, 0) is 25.2 Å². The van der Waals surface area contributed by atoms with Crippen LogP contribution in [0.1, 0.15) is 25.7 Å². The van der Waals surface area contributed by atoms with Crippen LogP contribution in [-0.2, 0) is 19.6 Å². The lowest BCUT2D eigenvalue weighted by Crippen LogP contribution is -2.61. The molecule has 20 heavy (non-hydrogen) atoms. The summed E-state index contributed by atoms with van der Waals surface area (Å²) in [4.78, 5) is 14.0. The summed E-state index contributed by atoms with van der Waals surface area (Å²) in [6.07, 6.45) is 4.84. The molecule has 2 saturated heterocycles. The van der Waals surface area contributed by atoms with E-state index in [4.69, 9.17) is 4.74 Å². The van der Waals surface area contributed by atoms with E-state index in [1.807, 2.05) is 4.90 Å². The minimum atomic E-state index is -3.24. The van der Waals surface area contributed by atoms with E-state index in [2.05, 4.69) is 0 Å². The summed E-state index contributed by atoms with van der Waals surface area (Å²) in [5.74, 6) is 0.735. The van der Waals surface area contributed by atoms with Crippen molar-refractivity contribution in [3.8, 4) is 0 Å². The summed E-state index contributed by atoms with van der Waals surface area (Å²) >= 11 is 0. The van der Waals surface area contributed by atoms with Gasteiger partial charge in [-0.15, -0.1) is 0 Å². The summed E-state index contributed by atoms with van der Waals surface area (Å²) < 4.78 is 30.9. The second kappa shape index (κ2) is 5.27. The van der Waals surface area contributed by atoms with Crippen molar-refractivity contribution < 1.29 is 17.9 Å². The maximum Gasteiger partial charge on any atom is 0.222 e. The highest BCUT2D eigenvalue weighted by atomic mass is 32.2. The molecule has 3 fully saturated rings. The van der Waals surface area contributed by atoms with Crippen LogP contribution >= 0.6 is 0 Å². The van der Waals surface area contributed by atoms with Gasteiger partial charge in [-0.1, -0.05) is 0 Å². The number of piperidine rings is 1. The highest BCUT2D eigenvalue weighted by Crippen LogP contribution is 2.34. The number of carbonyl (C=O) groups is 1. The quantitative estimate of drug-likeness (QED) is 0.739. The third-order valence-corrected chi connectivity index (χ3v) is 5.78. The molecule has 1 aliphatic carbocycles. The lowest BCUT2D eigenvalue weighted by atomic mass is 10.00. The topological polar surface area (TPSA) is 66.9 Å². The number of fused-ring (bicyclic) bond motifs is 1. The molecule has 2 atom stereocenters. The molecule has 3 aliphatic rings. The Morgan fingerprint density at radius 3 is 2.65 bits per heavy atom. The first kappa shape index (κ1) is 14.3. The zero-order valence-electron chi connectivity index (χ0n) is 11.8. The van der Waals surface area contributed by atoms with E-state index < -0.39 is 10.0 Å². The molecular formula is C13H22N2O4S. The highest BCUT2D eigenvalue weighted by molar-refractivity contribution is 7.88. The van der Waals surface area contributed by atoms with E-state index in [0.29, 0.717) is 38.6 Å². The molecular weight excluding hydrogens is 280 g/mol. The van der Waals surface area contributed by atoms with E-state index in [9.17, 15) is 13.2 Å². The number of likely N-dealkylation sites (tertiary alicyclic amines) is 1. The van der Waals surface area contributed by atoms with Crippen LogP contribution in [0.2, 0.25) is 0 Å². The van der Waals surface area contributed by atoms with Crippen LogP contribution in [0, 0.1) is 5.92 Å². The van der Waals surface area contributed by atoms with Crippen molar-refractivity contribution in [2.24, 2.45) is 5.92 Å². The molecule has 114 valence electrons. The Hall–Kier alpha value is -0.660. The van der Waals surface area contributed by atoms with Gasteiger partial charge in [0.1, 0.15) is 0 Å². The van der Waals surface area contributed by atoms with Crippen molar-refractivity contribution in [3.05, 3.63) is 0 Å². The highest BCUT2D eigenvalue weighted by Gasteiger charge is 2.42. The number of nitrogens with zero attached hydrogens (tertiary/aromatic N) is 2. The van der Waals surface area contributed by atoms with Crippen LogP contribution in [0.25, 0.3) is 0 Å². The number of carbonyl (C=O) groups excluding carboxylic acids is 1. The van der Waals surface area contributed by atoms with Gasteiger partial charge in [0.25, 0.3) is 0 Å². The van der Waals surface area contributed by atoms with E-state index in [0.717, 1.165) is 19.3 Å². The minimum Gasteiger partial charge on any atom is -0.375 e. The van der Waals surface area contributed by atoms with E-state index in [1.165, 1.54) is 10.6 Å². The first-order valence-electron chi connectivity index (χ1n) is 7.31. The Morgan fingerprint density at radius 2 is 2.00 bits per heavy atom. The van der Waals surface area contributed by atoms with Gasteiger partial charge in [-0.3, -0.25) is 4.79 Å². The Kier molecular flexibility index (Phi) is 3.77. The lowest BCUT2D eigenvalue weighted by molar-refractivity contribution is -0.139. The summed E-state index contributed by atoms with van der Waals surface area (Å²) in [6.45, 7) is 2.00. The van der Waals surface area contributed by atoms with Gasteiger partial charge in [-0.2, -0.15) is 4.31 Å². The third-order valence-electron chi connectivity index (χ3n) is 4.47. The van der Waals surface area contributed by atoms with Gasteiger partial charge in [0.15, 0.2) is 0 Å². The van der Waals surface area contributed by atoms with Crippen molar-refractivity contribution >= 4 is 15.9 Å². The molecule has 2 heterocycles. The molecule has 0 aromatic heterocycles. The van der Waals surface area contributed by atoms with Crippen LogP contribution in [0.4, 0.5) is 0 Å². The maximum atomic E-state index is 12.2. The van der Waals surface area contributed by atoms with Crippen LogP contribution in [0.3, 0.4) is 0 Å². The summed E-state index contributed by atoms with van der Waals surface area (Å²) in [6, 6.07) is -0.212. The zero-order valence-corrected chi connectivity index (χ0v) is 12.6. The molecule has 1 amide bonds. The van der Waals surface area contributed by atoms with Gasteiger partial charge in [0.2, 0.25) is 15.9 Å². The normalized spacial score (nSPS) is 31.9. The number of morpholine rings is 1. The fourth-order valence-corrected chi connectivity index (χ4v) is 4.28. The SMILES string of the molecule is CS(=O)(=O)N1CCO[C@@H]2CCN(C(=O)CC3CC3)C[C@H]21. The molecule has 0 spiro atoms. The molecule has 6 nitrogen and oxygen atoms in total. The predicted octanol–water partition coefficient (Wildman–Crippen LogP) is 0.0478. The average molecular weight is 302 g/mol. The minimum absolute atomic E-state index is 0.0663. The molecule has 0 aromatic rings. The Morgan fingerprint density at radius 1 is 1.25 bits per heavy atom. The van der Waals surface area contributed by atoms with Gasteiger partial charge < -0.3 is 9.64 Å². The molecule has 0 aromatic carbocycles. The van der Waals surface area contributed by atoms with E-state index in [1.54, 1.807) is 0 Å². The Labute approximate surface area is 120 Å². The third kappa shape index (κ3) is 2.99. The molecule has 7 heteroatoms. The molecule has 2 aliphatic heterocycles. The summed E-state index contributed by atoms with van der Waals surface area (Å²) in [5.41, 5.74) is 0. The van der Waals surface area contributed by atoms with E-state index >= 15 is 0 Å². The number of hydrogen-bond donors (Lipinski definition) is 0. The second-order valence-corrected chi connectivity index (χ2v) is 8.06. The van der Waals surface area contributed by atoms with Crippen LogP contribution in [0.15, 0.2) is 0 Å². The summed E-state index contributed by atoms with van der Waals surface area (Å²) in [7, 11) is -3.24. The Balaban J connectivity index is 1.69. The monoisotopic (exact) mass is 302 g/mol. The van der Waals surface area contributed by atoms with Crippen molar-refractivity contribution in [1.82, 2.24) is 9.21 Å². The molecule has 0 bridgehead atoms. The molecule has 0 radical (unpaired) electrons. The van der Waals surface area contributed by atoms with Gasteiger partial charge in [-0.25, -0.2) is 8.42 Å². The number of rotatable bonds is 3. The lowest BCUT2D eigenvalue weighted by Gasteiger charge is -2.45. The van der Waals surface area contributed by atoms with Gasteiger partial charge >= 0.3 is 0 Å². The van der Waals surface area contributed by atoms with E-state index in [-0.39, 0.29) is 18.1 Å². The van der Waals surface area contributed by atoms with Gasteiger partial charge in [0.05, 0.1) is 25.0 Å². The van der Waals surface area contributed by atoms with Crippen LogP contribution in [-0.4, -0.2) is 68.2 Å². The molecule has 3 rings (SSSR count). The standard InChI is InChI=1S/C13H22N2O4S/c1-20(17,18)15-6-7-19-12-4-5-14(9-11(12)15)13(16)8-10-2-3-10/h10-12H,2-9H2,1H3/t11-,12-/m1/s1. The largest absolute Gasteiger partial charge is 0.375 e. The molecule has 0 N–H and O–H groups in total. The molecule has 0 unspecified atom stereocenters. The van der Waals surface area contributed by atoms with Crippen LogP contribution in [0.5, 0.6) is 0 Å². The smallest absolute Gasteiger partial charge is 0.222 e. The predicted molar refractivity (Wildman–Crippen MR) is 73.6 cm³/mol.